The van der Waals surface area contributed by atoms with Crippen LogP contribution in [-0.2, 0) is 23.7 Å². The van der Waals surface area contributed by atoms with Crippen LogP contribution in [0.25, 0.3) is 0 Å². The quantitative estimate of drug-likeness (QED) is 0.297. The van der Waals surface area contributed by atoms with Crippen molar-refractivity contribution in [2.24, 2.45) is 34.5 Å². The molecule has 0 aromatic heterocycles. The summed E-state index contributed by atoms with van der Waals surface area (Å²) in [5.74, 6) is -2.96. The molecule has 6 fully saturated rings. The zero-order valence-electron chi connectivity index (χ0n) is 25.2. The van der Waals surface area contributed by atoms with E-state index in [4.69, 9.17) is 23.7 Å². The van der Waals surface area contributed by atoms with E-state index in [0.29, 0.717) is 18.5 Å². The zero-order chi connectivity index (χ0) is 30.0. The van der Waals surface area contributed by atoms with Crippen LogP contribution in [0.3, 0.4) is 0 Å². The van der Waals surface area contributed by atoms with Crippen molar-refractivity contribution in [1.29, 1.82) is 0 Å². The first-order valence-electron chi connectivity index (χ1n) is 14.9. The van der Waals surface area contributed by atoms with Crippen molar-refractivity contribution in [1.82, 2.24) is 4.90 Å². The molecular weight excluding hydrogens is 626 g/mol. The summed E-state index contributed by atoms with van der Waals surface area (Å²) in [6, 6.07) is 8.22. The number of esters is 1. The number of nitrogens with zero attached hydrogens (tertiary/aromatic N) is 1. The van der Waals surface area contributed by atoms with Crippen LogP contribution in [-0.4, -0.2) is 134 Å². The Hall–Kier alpha value is -1.19. The van der Waals surface area contributed by atoms with Crippen LogP contribution in [0.5, 0.6) is 0 Å². The van der Waals surface area contributed by atoms with E-state index >= 15 is 0 Å². The number of carbonyl (C=O) groups excluding carboxylic acids is 1. The molecule has 1 saturated heterocycles. The number of fused-ring (bicyclic) bond motifs is 2. The maximum Gasteiger partial charge on any atom is 0.338 e. The maximum absolute atomic E-state index is 13.5. The third-order valence-electron chi connectivity index (χ3n) is 12.6. The molecule has 0 radical (unpaired) electrons. The predicted molar refractivity (Wildman–Crippen MR) is 157 cm³/mol. The molecule has 7 bridgehead atoms. The number of methoxy groups -OCH3 is 4. The van der Waals surface area contributed by atoms with Gasteiger partial charge < -0.3 is 49.0 Å². The standard InChI is InChI=1S/C31H43NO10.BrH/c1-32-13-28(14-38-2)17(33)11-18(39-3)30-16-12-29(36)25(42-27(35)15-9-7-6-8-10-15)19(16)31(37,24(34)26(29)41-5)20(23(30)32)21(40-4)22(28)30;/h6-10,16-26,33-34,36-37H,11-14H2,1-5H3;1H/t16-,17-,18+,19-,20?,21+,22-,23?,24+,25-,26+,28+,29-,30?,31-;/m1./s1. The normalized spacial score (nSPS) is 52.4. The minimum Gasteiger partial charge on any atom is -0.455 e. The van der Waals surface area contributed by atoms with Gasteiger partial charge in [0.1, 0.15) is 29.5 Å². The zero-order valence-corrected chi connectivity index (χ0v) is 26.9. The average Bonchev–Trinajstić information content (AvgIpc) is 3.37. The van der Waals surface area contributed by atoms with Crippen molar-refractivity contribution in [2.45, 2.75) is 66.7 Å². The number of rotatable bonds is 7. The van der Waals surface area contributed by atoms with Gasteiger partial charge in [-0.3, -0.25) is 0 Å². The average molecular weight is 671 g/mol. The Morgan fingerprint density at radius 1 is 1.00 bits per heavy atom. The van der Waals surface area contributed by atoms with Gasteiger partial charge in [-0.05, 0) is 31.5 Å². The SMILES string of the molecule is Br.COC[C@]12CN(C)C3C4[C@H](OC)[C@H]1C3([C@@H](OC)C[C@H]2O)[C@@H]1C[C@@]2(O)[C@H](OC(=O)c3ccccc3)[C@@H]1[C@]4(O)[C@@H](O)[C@@H]2OC. The van der Waals surface area contributed by atoms with Crippen molar-refractivity contribution < 1.29 is 48.9 Å². The van der Waals surface area contributed by atoms with E-state index in [0.717, 1.165) is 0 Å². The van der Waals surface area contributed by atoms with Crippen LogP contribution < -0.4 is 0 Å². The molecule has 5 saturated carbocycles. The number of likely N-dealkylation sites (tertiary alicyclic amines) is 1. The molecule has 12 heteroatoms. The van der Waals surface area contributed by atoms with E-state index in [2.05, 4.69) is 4.90 Å². The van der Waals surface area contributed by atoms with E-state index in [1.807, 2.05) is 7.05 Å². The Morgan fingerprint density at radius 2 is 1.70 bits per heavy atom. The smallest absolute Gasteiger partial charge is 0.338 e. The molecule has 4 N–H and O–H groups in total. The highest BCUT2D eigenvalue weighted by Crippen LogP contribution is 2.80. The second-order valence-electron chi connectivity index (χ2n) is 13.7. The monoisotopic (exact) mass is 669 g/mol. The van der Waals surface area contributed by atoms with Gasteiger partial charge in [0.05, 0.1) is 30.5 Å². The van der Waals surface area contributed by atoms with E-state index in [1.54, 1.807) is 51.7 Å². The lowest BCUT2D eigenvalue weighted by molar-refractivity contribution is -0.318. The van der Waals surface area contributed by atoms with Gasteiger partial charge in [-0.1, -0.05) is 18.2 Å². The van der Waals surface area contributed by atoms with Crippen LogP contribution in [0.15, 0.2) is 30.3 Å². The predicted octanol–water partition coefficient (Wildman–Crippen LogP) is 0.265. The lowest BCUT2D eigenvalue weighted by atomic mass is 9.42. The number of aliphatic hydroxyl groups excluding tert-OH is 2. The molecule has 1 spiro atoms. The van der Waals surface area contributed by atoms with Crippen LogP contribution >= 0.6 is 17.0 Å². The highest BCUT2D eigenvalue weighted by molar-refractivity contribution is 8.93. The Bertz CT molecular complexity index is 1240. The minimum atomic E-state index is -1.86. The third kappa shape index (κ3) is 3.48. The molecule has 0 amide bonds. The Morgan fingerprint density at radius 3 is 2.30 bits per heavy atom. The second kappa shape index (κ2) is 10.4. The summed E-state index contributed by atoms with van der Waals surface area (Å²) in [6.45, 7) is 0.760. The first-order valence-corrected chi connectivity index (χ1v) is 14.9. The van der Waals surface area contributed by atoms with Crippen molar-refractivity contribution >= 4 is 23.0 Å². The van der Waals surface area contributed by atoms with Crippen LogP contribution in [0.2, 0.25) is 0 Å². The number of benzene rings is 1. The third-order valence-corrected chi connectivity index (χ3v) is 12.6. The fraction of sp³-hybridized carbons (Fsp3) is 0.774. The molecule has 1 heterocycles. The lowest BCUT2D eigenvalue weighted by Crippen LogP contribution is -2.80. The molecule has 1 aromatic rings. The molecule has 3 unspecified atom stereocenters. The summed E-state index contributed by atoms with van der Waals surface area (Å²) in [5, 5.41) is 49.4. The van der Waals surface area contributed by atoms with Gasteiger partial charge in [0.15, 0.2) is 0 Å². The summed E-state index contributed by atoms with van der Waals surface area (Å²) >= 11 is 0. The first-order chi connectivity index (χ1) is 20.0. The highest BCUT2D eigenvalue weighted by Gasteiger charge is 2.91. The number of hydrogen-bond acceptors (Lipinski definition) is 11. The maximum atomic E-state index is 13.5. The van der Waals surface area contributed by atoms with Crippen LogP contribution in [0.1, 0.15) is 23.2 Å². The van der Waals surface area contributed by atoms with Crippen molar-refractivity contribution in [3.8, 4) is 0 Å². The fourth-order valence-electron chi connectivity index (χ4n) is 11.8. The molecular formula is C31H44BrNO10. The molecule has 11 nitrogen and oxygen atoms in total. The van der Waals surface area contributed by atoms with E-state index < -0.39 is 82.4 Å². The van der Waals surface area contributed by atoms with Crippen LogP contribution in [0.4, 0.5) is 0 Å². The van der Waals surface area contributed by atoms with Gasteiger partial charge in [-0.2, -0.15) is 0 Å². The Balaban J connectivity index is 0.00000329. The van der Waals surface area contributed by atoms with Crippen molar-refractivity contribution in [3.63, 3.8) is 0 Å². The van der Waals surface area contributed by atoms with Gasteiger partial charge >= 0.3 is 5.97 Å². The van der Waals surface area contributed by atoms with Gasteiger partial charge in [-0.25, -0.2) is 4.79 Å². The van der Waals surface area contributed by atoms with Crippen LogP contribution in [0, 0.1) is 34.5 Å². The van der Waals surface area contributed by atoms with Gasteiger partial charge in [-0.15, -0.1) is 17.0 Å². The number of halogens is 1. The van der Waals surface area contributed by atoms with E-state index in [1.165, 1.54) is 7.11 Å². The lowest BCUT2D eigenvalue weighted by Gasteiger charge is -2.69. The number of aliphatic hydroxyl groups is 4. The molecule has 1 aromatic carbocycles. The summed E-state index contributed by atoms with van der Waals surface area (Å²) in [6.07, 6.45) is -5.28. The van der Waals surface area contributed by atoms with Gasteiger partial charge in [0.25, 0.3) is 0 Å². The van der Waals surface area contributed by atoms with Gasteiger partial charge in [0, 0.05) is 76.0 Å². The largest absolute Gasteiger partial charge is 0.455 e. The molecule has 15 atom stereocenters. The van der Waals surface area contributed by atoms with E-state index in [9.17, 15) is 25.2 Å². The molecule has 6 aliphatic rings. The number of ether oxygens (including phenoxy) is 5. The first kappa shape index (κ1) is 31.8. The molecule has 240 valence electrons. The molecule has 1 aliphatic heterocycles. The molecule has 5 aliphatic carbocycles. The summed E-state index contributed by atoms with van der Waals surface area (Å²) in [5.41, 5.74) is -4.81. The number of hydrogen-bond donors (Lipinski definition) is 4. The Kier molecular flexibility index (Phi) is 7.70. The second-order valence-corrected chi connectivity index (χ2v) is 13.7. The summed E-state index contributed by atoms with van der Waals surface area (Å²) < 4.78 is 30.3. The van der Waals surface area contributed by atoms with E-state index in [-0.39, 0.29) is 42.0 Å². The highest BCUT2D eigenvalue weighted by atomic mass is 79.9. The Labute approximate surface area is 262 Å². The summed E-state index contributed by atoms with van der Waals surface area (Å²) in [4.78, 5) is 15.7. The molecule has 7 rings (SSSR count). The topological polar surface area (TPSA) is 147 Å². The number of piperidine rings is 1. The van der Waals surface area contributed by atoms with Crippen molar-refractivity contribution in [3.05, 3.63) is 35.9 Å². The van der Waals surface area contributed by atoms with Gasteiger partial charge in [0.2, 0.25) is 0 Å². The fourth-order valence-corrected chi connectivity index (χ4v) is 11.8. The van der Waals surface area contributed by atoms with Crippen molar-refractivity contribution in [2.75, 3.05) is 48.6 Å². The molecule has 43 heavy (non-hydrogen) atoms. The number of carbonyl (C=O) groups is 1. The minimum absolute atomic E-state index is 0. The summed E-state index contributed by atoms with van der Waals surface area (Å²) in [7, 11) is 8.22.